The second kappa shape index (κ2) is 9.66. The summed E-state index contributed by atoms with van der Waals surface area (Å²) in [5, 5.41) is 15.9. The van der Waals surface area contributed by atoms with Crippen molar-refractivity contribution in [3.05, 3.63) is 107 Å². The van der Waals surface area contributed by atoms with E-state index in [4.69, 9.17) is 0 Å². The standard InChI is InChI=1S/C23H19N3O3/c27-20-13-11-18(12-14-20)16-24-26-23(29)21(15-17-7-3-1-4-8-17)25-22(28)19-9-5-2-6-10-19/h1-16,27H,(H,25,28)(H,26,29)/b21-15-,24-16-. The van der Waals surface area contributed by atoms with Crippen LogP contribution in [0.25, 0.3) is 6.08 Å². The first kappa shape index (κ1) is 19.6. The molecule has 0 aliphatic carbocycles. The van der Waals surface area contributed by atoms with Gasteiger partial charge in [-0.15, -0.1) is 0 Å². The minimum atomic E-state index is -0.562. The normalized spacial score (nSPS) is 11.2. The Bertz CT molecular complexity index is 1030. The average Bonchev–Trinajstić information content (AvgIpc) is 2.76. The van der Waals surface area contributed by atoms with Crippen molar-refractivity contribution in [2.75, 3.05) is 0 Å². The molecule has 0 aromatic heterocycles. The molecule has 2 amide bonds. The number of carbonyl (C=O) groups excluding carboxylic acids is 2. The largest absolute Gasteiger partial charge is 0.508 e. The van der Waals surface area contributed by atoms with Crippen LogP contribution in [0.4, 0.5) is 0 Å². The lowest BCUT2D eigenvalue weighted by Gasteiger charge is -2.09. The minimum Gasteiger partial charge on any atom is -0.508 e. The summed E-state index contributed by atoms with van der Waals surface area (Å²) in [6.07, 6.45) is 3.02. The maximum atomic E-state index is 12.6. The van der Waals surface area contributed by atoms with Crippen molar-refractivity contribution in [2.24, 2.45) is 5.10 Å². The van der Waals surface area contributed by atoms with Crippen LogP contribution in [0.15, 0.2) is 95.7 Å². The number of amides is 2. The first-order valence-corrected chi connectivity index (χ1v) is 8.87. The Hall–Kier alpha value is -4.19. The molecule has 0 saturated heterocycles. The van der Waals surface area contributed by atoms with Gasteiger partial charge in [0.1, 0.15) is 11.4 Å². The first-order chi connectivity index (χ1) is 14.1. The van der Waals surface area contributed by atoms with Gasteiger partial charge in [-0.1, -0.05) is 48.5 Å². The van der Waals surface area contributed by atoms with Crippen LogP contribution >= 0.6 is 0 Å². The second-order valence-electron chi connectivity index (χ2n) is 6.08. The lowest BCUT2D eigenvalue weighted by molar-refractivity contribution is -0.117. The molecule has 0 heterocycles. The monoisotopic (exact) mass is 385 g/mol. The predicted octanol–water partition coefficient (Wildman–Crippen LogP) is 3.31. The average molecular weight is 385 g/mol. The van der Waals surface area contributed by atoms with Crippen LogP contribution in [-0.2, 0) is 4.79 Å². The number of nitrogens with one attached hydrogen (secondary N) is 2. The molecule has 0 bridgehead atoms. The Morgan fingerprint density at radius 2 is 1.41 bits per heavy atom. The van der Waals surface area contributed by atoms with E-state index in [1.807, 2.05) is 36.4 Å². The van der Waals surface area contributed by atoms with Gasteiger partial charge in [-0.2, -0.15) is 5.10 Å². The number of nitrogens with zero attached hydrogens (tertiary/aromatic N) is 1. The van der Waals surface area contributed by atoms with Crippen molar-refractivity contribution in [3.8, 4) is 5.75 Å². The summed E-state index contributed by atoms with van der Waals surface area (Å²) in [5.74, 6) is -0.818. The van der Waals surface area contributed by atoms with Crippen molar-refractivity contribution in [1.82, 2.24) is 10.7 Å². The summed E-state index contributed by atoms with van der Waals surface area (Å²) in [6, 6.07) is 24.2. The quantitative estimate of drug-likeness (QED) is 0.345. The van der Waals surface area contributed by atoms with Gasteiger partial charge < -0.3 is 10.4 Å². The van der Waals surface area contributed by atoms with Crippen molar-refractivity contribution in [3.63, 3.8) is 0 Å². The Morgan fingerprint density at radius 3 is 2.07 bits per heavy atom. The zero-order valence-electron chi connectivity index (χ0n) is 15.4. The number of aromatic hydroxyl groups is 1. The molecule has 0 spiro atoms. The smallest absolute Gasteiger partial charge is 0.287 e. The molecule has 29 heavy (non-hydrogen) atoms. The second-order valence-corrected chi connectivity index (χ2v) is 6.08. The fourth-order valence-corrected chi connectivity index (χ4v) is 2.44. The van der Waals surface area contributed by atoms with Gasteiger partial charge in [0.25, 0.3) is 11.8 Å². The third-order valence-electron chi connectivity index (χ3n) is 3.91. The molecule has 0 aliphatic rings. The van der Waals surface area contributed by atoms with E-state index < -0.39 is 11.8 Å². The van der Waals surface area contributed by atoms with E-state index in [0.29, 0.717) is 11.1 Å². The molecule has 6 heteroatoms. The maximum Gasteiger partial charge on any atom is 0.287 e. The molecular weight excluding hydrogens is 366 g/mol. The summed E-state index contributed by atoms with van der Waals surface area (Å²) in [5.41, 5.74) is 4.36. The van der Waals surface area contributed by atoms with Crippen molar-refractivity contribution in [1.29, 1.82) is 0 Å². The van der Waals surface area contributed by atoms with Crippen LogP contribution in [-0.4, -0.2) is 23.1 Å². The highest BCUT2D eigenvalue weighted by atomic mass is 16.3. The van der Waals surface area contributed by atoms with Gasteiger partial charge in [0.15, 0.2) is 0 Å². The SMILES string of the molecule is O=C(N/N=C\c1ccc(O)cc1)/C(=C/c1ccccc1)NC(=O)c1ccccc1. The summed E-state index contributed by atoms with van der Waals surface area (Å²) in [7, 11) is 0. The summed E-state index contributed by atoms with van der Waals surface area (Å²) < 4.78 is 0. The number of carbonyl (C=O) groups is 2. The van der Waals surface area contributed by atoms with E-state index >= 15 is 0 Å². The molecule has 0 fully saturated rings. The van der Waals surface area contributed by atoms with E-state index in [0.717, 1.165) is 5.56 Å². The molecule has 3 aromatic rings. The van der Waals surface area contributed by atoms with Crippen LogP contribution in [0, 0.1) is 0 Å². The number of benzene rings is 3. The van der Waals surface area contributed by atoms with Crippen LogP contribution < -0.4 is 10.7 Å². The summed E-state index contributed by atoms with van der Waals surface area (Å²) >= 11 is 0. The number of hydrazone groups is 1. The zero-order valence-corrected chi connectivity index (χ0v) is 15.4. The van der Waals surface area contributed by atoms with Gasteiger partial charge in [0.2, 0.25) is 0 Å². The molecule has 144 valence electrons. The van der Waals surface area contributed by atoms with E-state index in [-0.39, 0.29) is 11.4 Å². The summed E-state index contributed by atoms with van der Waals surface area (Å²) in [4.78, 5) is 25.1. The van der Waals surface area contributed by atoms with Gasteiger partial charge >= 0.3 is 0 Å². The highest BCUT2D eigenvalue weighted by molar-refractivity contribution is 6.05. The van der Waals surface area contributed by atoms with Crippen molar-refractivity contribution >= 4 is 24.1 Å². The molecule has 0 atom stereocenters. The molecule has 3 aromatic carbocycles. The third kappa shape index (κ3) is 5.90. The maximum absolute atomic E-state index is 12.6. The lowest BCUT2D eigenvalue weighted by Crippen LogP contribution is -2.32. The predicted molar refractivity (Wildman–Crippen MR) is 112 cm³/mol. The van der Waals surface area contributed by atoms with E-state index in [2.05, 4.69) is 15.8 Å². The third-order valence-corrected chi connectivity index (χ3v) is 3.91. The van der Waals surface area contributed by atoms with Gasteiger partial charge in [0, 0.05) is 5.56 Å². The number of rotatable bonds is 6. The van der Waals surface area contributed by atoms with Gasteiger partial charge in [0.05, 0.1) is 6.21 Å². The number of hydrogen-bond donors (Lipinski definition) is 3. The van der Waals surface area contributed by atoms with Crippen LogP contribution in [0.5, 0.6) is 5.75 Å². The van der Waals surface area contributed by atoms with Gasteiger partial charge in [-0.3, -0.25) is 9.59 Å². The van der Waals surface area contributed by atoms with Crippen LogP contribution in [0.3, 0.4) is 0 Å². The molecule has 3 rings (SSSR count). The number of phenolic OH excluding ortho intramolecular Hbond substituents is 1. The molecule has 0 radical (unpaired) electrons. The zero-order chi connectivity index (χ0) is 20.5. The fraction of sp³-hybridized carbons (Fsp3) is 0. The minimum absolute atomic E-state index is 0.0629. The van der Waals surface area contributed by atoms with Crippen molar-refractivity contribution in [2.45, 2.75) is 0 Å². The number of phenols is 1. The Balaban J connectivity index is 1.76. The van der Waals surface area contributed by atoms with Gasteiger partial charge in [-0.25, -0.2) is 5.43 Å². The Kier molecular flexibility index (Phi) is 6.52. The van der Waals surface area contributed by atoms with Crippen LogP contribution in [0.2, 0.25) is 0 Å². The molecule has 0 unspecified atom stereocenters. The Morgan fingerprint density at radius 1 is 0.793 bits per heavy atom. The highest BCUT2D eigenvalue weighted by Gasteiger charge is 2.14. The number of hydrogen-bond acceptors (Lipinski definition) is 4. The molecule has 3 N–H and O–H groups in total. The van der Waals surface area contributed by atoms with Gasteiger partial charge in [-0.05, 0) is 53.6 Å². The molecule has 0 aliphatic heterocycles. The summed E-state index contributed by atoms with van der Waals surface area (Å²) in [6.45, 7) is 0. The lowest BCUT2D eigenvalue weighted by atomic mass is 10.1. The van der Waals surface area contributed by atoms with E-state index in [9.17, 15) is 14.7 Å². The fourth-order valence-electron chi connectivity index (χ4n) is 2.44. The molecule has 6 nitrogen and oxygen atoms in total. The highest BCUT2D eigenvalue weighted by Crippen LogP contribution is 2.09. The van der Waals surface area contributed by atoms with Crippen molar-refractivity contribution < 1.29 is 14.7 Å². The molecular formula is C23H19N3O3. The van der Waals surface area contributed by atoms with E-state index in [1.54, 1.807) is 42.5 Å². The van der Waals surface area contributed by atoms with Crippen LogP contribution in [0.1, 0.15) is 21.5 Å². The topological polar surface area (TPSA) is 90.8 Å². The van der Waals surface area contributed by atoms with E-state index in [1.165, 1.54) is 18.3 Å². The Labute approximate surface area is 168 Å². The first-order valence-electron chi connectivity index (χ1n) is 8.87. The molecule has 0 saturated carbocycles.